The van der Waals surface area contributed by atoms with Crippen molar-refractivity contribution in [1.29, 1.82) is 0 Å². The molecule has 0 radical (unpaired) electrons. The van der Waals surface area contributed by atoms with Gasteiger partial charge < -0.3 is 4.74 Å². The summed E-state index contributed by atoms with van der Waals surface area (Å²) in [5.74, 6) is -2.42. The van der Waals surface area contributed by atoms with Crippen LogP contribution < -0.4 is 0 Å². The number of halogens is 3. The monoisotopic (exact) mass is 264 g/mol. The van der Waals surface area contributed by atoms with Gasteiger partial charge in [0.05, 0.1) is 12.7 Å². The molecule has 5 heteroatoms. The van der Waals surface area contributed by atoms with Gasteiger partial charge in [-0.3, -0.25) is 0 Å². The van der Waals surface area contributed by atoms with Crippen molar-refractivity contribution in [1.82, 2.24) is 0 Å². The third-order valence-corrected chi connectivity index (χ3v) is 2.29. The van der Waals surface area contributed by atoms with Gasteiger partial charge in [0.1, 0.15) is 11.6 Å². The number of methoxy groups -OCH3 is 1. The fraction of sp³-hybridized carbons (Fsp3) is 0.222. The maximum Gasteiger partial charge on any atom is 0.340 e. The summed E-state index contributed by atoms with van der Waals surface area (Å²) in [6.45, 7) is 0. The maximum atomic E-state index is 13.0. The van der Waals surface area contributed by atoms with E-state index >= 15 is 0 Å². The second-order valence-corrected chi connectivity index (χ2v) is 3.11. The van der Waals surface area contributed by atoms with E-state index in [2.05, 4.69) is 20.7 Å². The first-order chi connectivity index (χ1) is 6.60. The second kappa shape index (κ2) is 4.50. The van der Waals surface area contributed by atoms with Crippen LogP contribution in [-0.4, -0.2) is 13.1 Å². The van der Waals surface area contributed by atoms with Crippen molar-refractivity contribution in [2.75, 3.05) is 7.11 Å². The van der Waals surface area contributed by atoms with Gasteiger partial charge in [-0.2, -0.15) is 0 Å². The molecule has 1 aromatic carbocycles. The molecule has 0 aliphatic heterocycles. The van der Waals surface area contributed by atoms with Gasteiger partial charge >= 0.3 is 5.97 Å². The van der Waals surface area contributed by atoms with Gasteiger partial charge in [0.15, 0.2) is 0 Å². The molecule has 2 nitrogen and oxygen atoms in total. The minimum Gasteiger partial charge on any atom is -0.465 e. The first-order valence-electron chi connectivity index (χ1n) is 3.72. The molecule has 0 heterocycles. The molecule has 76 valence electrons. The number of carbonyl (C=O) groups is 1. The highest BCUT2D eigenvalue weighted by molar-refractivity contribution is 9.08. The highest BCUT2D eigenvalue weighted by Crippen LogP contribution is 2.17. The molecule has 0 atom stereocenters. The zero-order valence-corrected chi connectivity index (χ0v) is 8.90. The molecule has 0 aromatic heterocycles. The Balaban J connectivity index is 3.24. The lowest BCUT2D eigenvalue weighted by atomic mass is 10.1. The molecule has 0 unspecified atom stereocenters. The summed E-state index contributed by atoms with van der Waals surface area (Å²) >= 11 is 3.02. The van der Waals surface area contributed by atoms with Crippen LogP contribution in [0.5, 0.6) is 0 Å². The number of hydrogen-bond acceptors (Lipinski definition) is 2. The molecule has 0 N–H and O–H groups in total. The Kier molecular flexibility index (Phi) is 3.57. The fourth-order valence-electron chi connectivity index (χ4n) is 0.963. The summed E-state index contributed by atoms with van der Waals surface area (Å²) < 4.78 is 30.4. The topological polar surface area (TPSA) is 26.3 Å². The molecule has 14 heavy (non-hydrogen) atoms. The third kappa shape index (κ3) is 2.09. The van der Waals surface area contributed by atoms with E-state index < -0.39 is 17.6 Å². The standard InChI is InChI=1S/C9H7BrF2O2/c1-14-9(13)6-2-5(4-10)7(11)3-8(6)12/h2-3H,4H2,1H3. The Bertz CT molecular complexity index is 366. The van der Waals surface area contributed by atoms with E-state index in [1.165, 1.54) is 0 Å². The van der Waals surface area contributed by atoms with Crippen LogP contribution in [0.25, 0.3) is 0 Å². The van der Waals surface area contributed by atoms with E-state index in [9.17, 15) is 13.6 Å². The van der Waals surface area contributed by atoms with Crippen molar-refractivity contribution >= 4 is 21.9 Å². The van der Waals surface area contributed by atoms with Crippen molar-refractivity contribution in [2.24, 2.45) is 0 Å². The van der Waals surface area contributed by atoms with Crippen molar-refractivity contribution in [2.45, 2.75) is 5.33 Å². The average molecular weight is 265 g/mol. The van der Waals surface area contributed by atoms with Crippen molar-refractivity contribution < 1.29 is 18.3 Å². The SMILES string of the molecule is COC(=O)c1cc(CBr)c(F)cc1F. The van der Waals surface area contributed by atoms with E-state index in [1.54, 1.807) is 0 Å². The first kappa shape index (κ1) is 11.1. The summed E-state index contributed by atoms with van der Waals surface area (Å²) in [4.78, 5) is 11.0. The van der Waals surface area contributed by atoms with Crippen LogP contribution in [-0.2, 0) is 10.1 Å². The highest BCUT2D eigenvalue weighted by Gasteiger charge is 2.15. The molecule has 0 aliphatic rings. The first-order valence-corrected chi connectivity index (χ1v) is 4.84. The van der Waals surface area contributed by atoms with Crippen LogP contribution in [0.3, 0.4) is 0 Å². The molecular weight excluding hydrogens is 258 g/mol. The number of benzene rings is 1. The van der Waals surface area contributed by atoms with Gasteiger partial charge in [0.25, 0.3) is 0 Å². The lowest BCUT2D eigenvalue weighted by Gasteiger charge is -2.04. The number of rotatable bonds is 2. The van der Waals surface area contributed by atoms with Gasteiger partial charge in [0.2, 0.25) is 0 Å². The average Bonchev–Trinajstić information content (AvgIpc) is 2.17. The zero-order valence-electron chi connectivity index (χ0n) is 7.31. The van der Waals surface area contributed by atoms with Gasteiger partial charge in [0, 0.05) is 11.4 Å². The Hall–Kier alpha value is -0.970. The molecule has 0 bridgehead atoms. The maximum absolute atomic E-state index is 13.0. The summed E-state index contributed by atoms with van der Waals surface area (Å²) in [5, 5.41) is 0.211. The van der Waals surface area contributed by atoms with E-state index in [-0.39, 0.29) is 16.5 Å². The number of hydrogen-bond donors (Lipinski definition) is 0. The summed E-state index contributed by atoms with van der Waals surface area (Å²) in [5.41, 5.74) is -0.0462. The molecular formula is C9H7BrF2O2. The number of ether oxygens (including phenoxy) is 1. The predicted octanol–water partition coefficient (Wildman–Crippen LogP) is 2.65. The normalized spacial score (nSPS) is 10.0. The minimum absolute atomic E-state index is 0.211. The number of carbonyl (C=O) groups excluding carboxylic acids is 1. The van der Waals surface area contributed by atoms with Crippen LogP contribution in [0.2, 0.25) is 0 Å². The largest absolute Gasteiger partial charge is 0.465 e. The predicted molar refractivity (Wildman–Crippen MR) is 50.3 cm³/mol. The van der Waals surface area contributed by atoms with Gasteiger partial charge in [-0.25, -0.2) is 13.6 Å². The molecule has 1 rings (SSSR count). The molecule has 0 saturated heterocycles. The summed E-state index contributed by atoms with van der Waals surface area (Å²) in [6, 6.07) is 1.80. The van der Waals surface area contributed by atoms with Crippen LogP contribution in [0, 0.1) is 11.6 Å². The molecule has 0 saturated carbocycles. The molecule has 0 fully saturated rings. The lowest BCUT2D eigenvalue weighted by Crippen LogP contribution is -2.06. The second-order valence-electron chi connectivity index (χ2n) is 2.55. The minimum atomic E-state index is -0.918. The molecule has 0 aliphatic carbocycles. The Morgan fingerprint density at radius 2 is 2.07 bits per heavy atom. The van der Waals surface area contributed by atoms with E-state index in [0.29, 0.717) is 6.07 Å². The van der Waals surface area contributed by atoms with Gasteiger partial charge in [-0.15, -0.1) is 0 Å². The van der Waals surface area contributed by atoms with Crippen molar-refractivity contribution in [3.63, 3.8) is 0 Å². The third-order valence-electron chi connectivity index (χ3n) is 1.69. The Labute approximate surface area is 88.0 Å². The van der Waals surface area contributed by atoms with Crippen LogP contribution in [0.4, 0.5) is 8.78 Å². The van der Waals surface area contributed by atoms with Crippen molar-refractivity contribution in [3.8, 4) is 0 Å². The smallest absolute Gasteiger partial charge is 0.340 e. The number of alkyl halides is 1. The molecule has 0 amide bonds. The Morgan fingerprint density at radius 1 is 1.43 bits per heavy atom. The van der Waals surface area contributed by atoms with Gasteiger partial charge in [-0.05, 0) is 11.6 Å². The fourth-order valence-corrected chi connectivity index (χ4v) is 1.39. The van der Waals surface area contributed by atoms with Crippen LogP contribution in [0.15, 0.2) is 12.1 Å². The number of esters is 1. The van der Waals surface area contributed by atoms with E-state index in [0.717, 1.165) is 13.2 Å². The quantitative estimate of drug-likeness (QED) is 0.607. The molecule has 0 spiro atoms. The summed E-state index contributed by atoms with van der Waals surface area (Å²) in [6.07, 6.45) is 0. The van der Waals surface area contributed by atoms with E-state index in [4.69, 9.17) is 0 Å². The molecule has 1 aromatic rings. The van der Waals surface area contributed by atoms with Crippen LogP contribution in [0.1, 0.15) is 15.9 Å². The van der Waals surface area contributed by atoms with Gasteiger partial charge in [-0.1, -0.05) is 15.9 Å². The zero-order chi connectivity index (χ0) is 10.7. The summed E-state index contributed by atoms with van der Waals surface area (Å²) in [7, 11) is 1.14. The van der Waals surface area contributed by atoms with Crippen molar-refractivity contribution in [3.05, 3.63) is 34.9 Å². The lowest BCUT2D eigenvalue weighted by molar-refractivity contribution is 0.0595. The highest BCUT2D eigenvalue weighted by atomic mass is 79.9. The van der Waals surface area contributed by atoms with Crippen LogP contribution >= 0.6 is 15.9 Å². The Morgan fingerprint density at radius 3 is 2.57 bits per heavy atom. The van der Waals surface area contributed by atoms with E-state index in [1.807, 2.05) is 0 Å².